The van der Waals surface area contributed by atoms with E-state index in [1.165, 1.54) is 0 Å². The van der Waals surface area contributed by atoms with Crippen molar-refractivity contribution in [2.75, 3.05) is 13.2 Å². The second-order valence-corrected chi connectivity index (χ2v) is 7.09. The van der Waals surface area contributed by atoms with Crippen molar-refractivity contribution < 1.29 is 4.74 Å². The van der Waals surface area contributed by atoms with Crippen LogP contribution in [0.3, 0.4) is 0 Å². The van der Waals surface area contributed by atoms with Crippen molar-refractivity contribution in [2.24, 2.45) is 11.3 Å². The summed E-state index contributed by atoms with van der Waals surface area (Å²) in [6.07, 6.45) is 3.96. The normalized spacial score (nSPS) is 26.1. The number of hydrogen-bond donors (Lipinski definition) is 1. The van der Waals surface area contributed by atoms with Crippen molar-refractivity contribution in [1.82, 2.24) is 20.1 Å². The third-order valence-corrected chi connectivity index (χ3v) is 4.44. The first-order valence-corrected chi connectivity index (χ1v) is 8.14. The lowest BCUT2D eigenvalue weighted by Gasteiger charge is -2.33. The minimum Gasteiger partial charge on any atom is -0.378 e. The summed E-state index contributed by atoms with van der Waals surface area (Å²) in [5.74, 6) is 1.67. The molecule has 0 amide bonds. The topological polar surface area (TPSA) is 52.0 Å². The van der Waals surface area contributed by atoms with Gasteiger partial charge in [0.2, 0.25) is 0 Å². The Morgan fingerprint density at radius 1 is 1.43 bits per heavy atom. The fraction of sp³-hybridized carbons (Fsp3) is 0.875. The first-order valence-electron chi connectivity index (χ1n) is 8.14. The maximum absolute atomic E-state index is 5.87. The molecule has 5 heteroatoms. The summed E-state index contributed by atoms with van der Waals surface area (Å²) < 4.78 is 7.94. The zero-order chi connectivity index (χ0) is 15.5. The van der Waals surface area contributed by atoms with Crippen LogP contribution in [0, 0.1) is 11.3 Å². The highest BCUT2D eigenvalue weighted by atomic mass is 16.5. The number of nitrogens with zero attached hydrogens (tertiary/aromatic N) is 3. The first kappa shape index (κ1) is 16.4. The van der Waals surface area contributed by atoms with E-state index in [1.54, 1.807) is 6.33 Å². The van der Waals surface area contributed by atoms with Crippen LogP contribution in [-0.4, -0.2) is 40.1 Å². The molecule has 21 heavy (non-hydrogen) atoms. The van der Waals surface area contributed by atoms with E-state index < -0.39 is 0 Å². The van der Waals surface area contributed by atoms with Crippen molar-refractivity contribution in [3.63, 3.8) is 0 Å². The molecular weight excluding hydrogens is 264 g/mol. The third-order valence-electron chi connectivity index (χ3n) is 4.44. The molecule has 2 rings (SSSR count). The van der Waals surface area contributed by atoms with Crippen LogP contribution in [0.4, 0.5) is 0 Å². The van der Waals surface area contributed by atoms with E-state index in [0.29, 0.717) is 12.0 Å². The third kappa shape index (κ3) is 4.04. The van der Waals surface area contributed by atoms with Gasteiger partial charge in [-0.2, -0.15) is 5.10 Å². The van der Waals surface area contributed by atoms with Crippen LogP contribution < -0.4 is 5.32 Å². The molecule has 0 saturated carbocycles. The summed E-state index contributed by atoms with van der Waals surface area (Å²) in [6, 6.07) is 0.489. The predicted molar refractivity (Wildman–Crippen MR) is 84.2 cm³/mol. The van der Waals surface area contributed by atoms with Gasteiger partial charge in [0.1, 0.15) is 12.2 Å². The Bertz CT molecular complexity index is 443. The molecule has 1 aromatic rings. The quantitative estimate of drug-likeness (QED) is 0.838. The second kappa shape index (κ2) is 6.88. The van der Waals surface area contributed by atoms with Gasteiger partial charge in [0.25, 0.3) is 0 Å². The molecule has 2 heterocycles. The molecule has 0 bridgehead atoms. The van der Waals surface area contributed by atoms with E-state index in [9.17, 15) is 0 Å². The van der Waals surface area contributed by atoms with Gasteiger partial charge < -0.3 is 10.1 Å². The maximum atomic E-state index is 5.87. The highest BCUT2D eigenvalue weighted by Gasteiger charge is 2.42. The predicted octanol–water partition coefficient (Wildman–Crippen LogP) is 2.27. The van der Waals surface area contributed by atoms with Gasteiger partial charge in [-0.25, -0.2) is 9.67 Å². The molecule has 2 atom stereocenters. The van der Waals surface area contributed by atoms with Crippen LogP contribution in [0.2, 0.25) is 0 Å². The standard InChI is InChI=1S/C16H30N4O/c1-12(2)9-20-15(18-11-19-20)8-16(10-17-13(3)4)6-7-21-14(16)5/h11-14,17H,6-10H2,1-5H3. The number of ether oxygens (including phenoxy) is 1. The fourth-order valence-electron chi connectivity index (χ4n) is 2.99. The first-order chi connectivity index (χ1) is 9.93. The minimum atomic E-state index is 0.131. The molecule has 1 aliphatic rings. The van der Waals surface area contributed by atoms with Crippen molar-refractivity contribution >= 4 is 0 Å². The molecule has 1 aromatic heterocycles. The molecule has 1 aliphatic heterocycles. The van der Waals surface area contributed by atoms with Crippen LogP contribution in [-0.2, 0) is 17.7 Å². The smallest absolute Gasteiger partial charge is 0.138 e. The Balaban J connectivity index is 2.14. The Hall–Kier alpha value is -0.940. The monoisotopic (exact) mass is 294 g/mol. The molecular formula is C16H30N4O. The average Bonchev–Trinajstić information content (AvgIpc) is 2.96. The van der Waals surface area contributed by atoms with Crippen LogP contribution in [0.15, 0.2) is 6.33 Å². The van der Waals surface area contributed by atoms with Gasteiger partial charge in [-0.1, -0.05) is 27.7 Å². The lowest BCUT2D eigenvalue weighted by atomic mass is 9.78. The van der Waals surface area contributed by atoms with Crippen LogP contribution in [0.25, 0.3) is 0 Å². The summed E-state index contributed by atoms with van der Waals surface area (Å²) in [4.78, 5) is 4.51. The van der Waals surface area contributed by atoms with E-state index >= 15 is 0 Å². The highest BCUT2D eigenvalue weighted by Crippen LogP contribution is 2.37. The SMILES string of the molecule is CC(C)Cn1ncnc1CC1(CNC(C)C)CCOC1C. The minimum absolute atomic E-state index is 0.131. The molecule has 120 valence electrons. The second-order valence-electron chi connectivity index (χ2n) is 7.09. The molecule has 1 N–H and O–H groups in total. The summed E-state index contributed by atoms with van der Waals surface area (Å²) in [6.45, 7) is 13.7. The van der Waals surface area contributed by atoms with Gasteiger partial charge in [-0.15, -0.1) is 0 Å². The fourth-order valence-corrected chi connectivity index (χ4v) is 2.99. The van der Waals surface area contributed by atoms with Crippen molar-refractivity contribution in [3.8, 4) is 0 Å². The largest absolute Gasteiger partial charge is 0.378 e. The summed E-state index contributed by atoms with van der Waals surface area (Å²) >= 11 is 0. The molecule has 5 nitrogen and oxygen atoms in total. The van der Waals surface area contributed by atoms with E-state index in [4.69, 9.17) is 4.74 Å². The van der Waals surface area contributed by atoms with Crippen LogP contribution >= 0.6 is 0 Å². The van der Waals surface area contributed by atoms with Gasteiger partial charge in [0, 0.05) is 37.6 Å². The summed E-state index contributed by atoms with van der Waals surface area (Å²) in [7, 11) is 0. The van der Waals surface area contributed by atoms with Gasteiger partial charge in [0.05, 0.1) is 6.10 Å². The maximum Gasteiger partial charge on any atom is 0.138 e. The molecule has 2 unspecified atom stereocenters. The molecule has 0 aromatic carbocycles. The Kier molecular flexibility index (Phi) is 5.38. The van der Waals surface area contributed by atoms with Gasteiger partial charge in [0.15, 0.2) is 0 Å². The zero-order valence-corrected chi connectivity index (χ0v) is 14.1. The Labute approximate surface area is 128 Å². The molecule has 1 fully saturated rings. The van der Waals surface area contributed by atoms with Gasteiger partial charge >= 0.3 is 0 Å². The zero-order valence-electron chi connectivity index (χ0n) is 14.1. The van der Waals surface area contributed by atoms with Crippen molar-refractivity contribution in [2.45, 2.75) is 66.2 Å². The summed E-state index contributed by atoms with van der Waals surface area (Å²) in [5.41, 5.74) is 0.131. The number of nitrogens with one attached hydrogen (secondary N) is 1. The number of rotatable bonds is 7. The molecule has 0 radical (unpaired) electrons. The van der Waals surface area contributed by atoms with Crippen LogP contribution in [0.1, 0.15) is 46.9 Å². The number of hydrogen-bond acceptors (Lipinski definition) is 4. The van der Waals surface area contributed by atoms with Crippen LogP contribution in [0.5, 0.6) is 0 Å². The summed E-state index contributed by atoms with van der Waals surface area (Å²) in [5, 5.41) is 7.99. The Morgan fingerprint density at radius 3 is 2.76 bits per heavy atom. The van der Waals surface area contributed by atoms with E-state index in [0.717, 1.165) is 38.4 Å². The number of aromatic nitrogens is 3. The lowest BCUT2D eigenvalue weighted by molar-refractivity contribution is 0.0604. The highest BCUT2D eigenvalue weighted by molar-refractivity contribution is 5.01. The van der Waals surface area contributed by atoms with Crippen molar-refractivity contribution in [3.05, 3.63) is 12.2 Å². The van der Waals surface area contributed by atoms with E-state index in [1.807, 2.05) is 0 Å². The van der Waals surface area contributed by atoms with E-state index in [2.05, 4.69) is 54.7 Å². The van der Waals surface area contributed by atoms with Gasteiger partial charge in [-0.05, 0) is 19.3 Å². The lowest BCUT2D eigenvalue weighted by Crippen LogP contribution is -2.44. The molecule has 0 spiro atoms. The van der Waals surface area contributed by atoms with E-state index in [-0.39, 0.29) is 11.5 Å². The molecule has 0 aliphatic carbocycles. The Morgan fingerprint density at radius 2 is 2.19 bits per heavy atom. The van der Waals surface area contributed by atoms with Crippen molar-refractivity contribution in [1.29, 1.82) is 0 Å². The average molecular weight is 294 g/mol. The van der Waals surface area contributed by atoms with Gasteiger partial charge in [-0.3, -0.25) is 0 Å². The molecule has 1 saturated heterocycles.